The largest absolute Gasteiger partial charge is 0.481 e. The maximum Gasteiger partial charge on any atom is 0.312 e. The summed E-state index contributed by atoms with van der Waals surface area (Å²) in [6.07, 6.45) is 4.28. The van der Waals surface area contributed by atoms with E-state index in [9.17, 15) is 9.90 Å². The van der Waals surface area contributed by atoms with Crippen molar-refractivity contribution >= 4 is 11.7 Å². The number of hydrogen-bond acceptors (Lipinski definition) is 3. The molecule has 1 unspecified atom stereocenters. The van der Waals surface area contributed by atoms with E-state index in [-0.39, 0.29) is 0 Å². The second-order valence-electron chi connectivity index (χ2n) is 6.41. The van der Waals surface area contributed by atoms with E-state index in [4.69, 9.17) is 0 Å². The summed E-state index contributed by atoms with van der Waals surface area (Å²) in [5.74, 6) is -1.35. The maximum absolute atomic E-state index is 11.3. The van der Waals surface area contributed by atoms with Gasteiger partial charge in [-0.05, 0) is 50.7 Å². The van der Waals surface area contributed by atoms with Gasteiger partial charge >= 0.3 is 5.97 Å². The fraction of sp³-hybridized carbons (Fsp3) is 0.381. The highest BCUT2D eigenvalue weighted by Gasteiger charge is 2.18. The molecule has 0 aliphatic carbocycles. The summed E-state index contributed by atoms with van der Waals surface area (Å²) in [7, 11) is 2.19. The van der Waals surface area contributed by atoms with Crippen molar-refractivity contribution in [3.05, 3.63) is 66.2 Å². The van der Waals surface area contributed by atoms with Gasteiger partial charge in [0.2, 0.25) is 0 Å². The number of carbonyl (C=O) groups is 1. The Bertz CT molecular complexity index is 610. The molecule has 1 fully saturated rings. The first-order valence-electron chi connectivity index (χ1n) is 8.92. The van der Waals surface area contributed by atoms with E-state index in [0.717, 1.165) is 11.3 Å². The number of likely N-dealkylation sites (tertiary alicyclic amines) is 1. The van der Waals surface area contributed by atoms with Crippen molar-refractivity contribution < 1.29 is 9.90 Å². The van der Waals surface area contributed by atoms with E-state index in [1.165, 1.54) is 32.4 Å². The molecule has 3 rings (SSSR count). The molecule has 0 spiro atoms. The van der Waals surface area contributed by atoms with Crippen LogP contribution >= 0.6 is 0 Å². The van der Waals surface area contributed by atoms with Gasteiger partial charge in [0.1, 0.15) is 0 Å². The molecule has 1 heterocycles. The fourth-order valence-electron chi connectivity index (χ4n) is 2.86. The summed E-state index contributed by atoms with van der Waals surface area (Å²) in [6.45, 7) is 3.02. The van der Waals surface area contributed by atoms with Crippen LogP contribution in [-0.4, -0.2) is 42.7 Å². The number of nitrogens with zero attached hydrogens (tertiary/aromatic N) is 1. The minimum absolute atomic E-state index is 0.378. The standard InChI is InChI=1S/C15H15NO2.C6H13N/c17-15(18)14(12-7-3-1-4-8-12)11-16-13-9-5-2-6-10-13;1-7-5-3-2-4-6-7/h1-10,14,16H,11H2,(H,17,18);2-6H2,1H3. The van der Waals surface area contributed by atoms with Crippen LogP contribution in [0.1, 0.15) is 30.7 Å². The summed E-state index contributed by atoms with van der Waals surface area (Å²) in [6, 6.07) is 18.9. The van der Waals surface area contributed by atoms with E-state index >= 15 is 0 Å². The number of para-hydroxylation sites is 1. The normalized spacial score (nSPS) is 15.6. The van der Waals surface area contributed by atoms with Gasteiger partial charge in [-0.25, -0.2) is 0 Å². The lowest BCUT2D eigenvalue weighted by Gasteiger charge is -2.20. The molecule has 1 atom stereocenters. The number of aliphatic carboxylic acids is 1. The molecule has 25 heavy (non-hydrogen) atoms. The zero-order chi connectivity index (χ0) is 17.9. The number of rotatable bonds is 5. The van der Waals surface area contributed by atoms with Crippen molar-refractivity contribution in [2.24, 2.45) is 0 Å². The number of carboxylic acid groups (broad SMARTS) is 1. The summed E-state index contributed by atoms with van der Waals surface area (Å²) in [5, 5.41) is 12.4. The quantitative estimate of drug-likeness (QED) is 0.861. The highest BCUT2D eigenvalue weighted by Crippen LogP contribution is 2.17. The first-order chi connectivity index (χ1) is 12.2. The topological polar surface area (TPSA) is 52.6 Å². The predicted molar refractivity (Wildman–Crippen MR) is 103 cm³/mol. The van der Waals surface area contributed by atoms with Gasteiger partial charge < -0.3 is 15.3 Å². The molecule has 0 amide bonds. The first-order valence-corrected chi connectivity index (χ1v) is 8.92. The summed E-state index contributed by atoms with van der Waals surface area (Å²) in [4.78, 5) is 13.7. The molecular formula is C21H28N2O2. The van der Waals surface area contributed by atoms with Crippen molar-refractivity contribution in [1.29, 1.82) is 0 Å². The second kappa shape index (κ2) is 10.5. The van der Waals surface area contributed by atoms with Crippen molar-refractivity contribution in [3.63, 3.8) is 0 Å². The molecule has 134 valence electrons. The molecule has 1 aliphatic heterocycles. The molecule has 4 nitrogen and oxygen atoms in total. The van der Waals surface area contributed by atoms with Crippen molar-refractivity contribution in [1.82, 2.24) is 4.90 Å². The van der Waals surface area contributed by atoms with E-state index in [2.05, 4.69) is 17.3 Å². The van der Waals surface area contributed by atoms with Crippen LogP contribution in [0.4, 0.5) is 5.69 Å². The SMILES string of the molecule is CN1CCCCC1.O=C(O)C(CNc1ccccc1)c1ccccc1. The monoisotopic (exact) mass is 340 g/mol. The molecule has 4 heteroatoms. The van der Waals surface area contributed by atoms with Crippen LogP contribution in [-0.2, 0) is 4.79 Å². The van der Waals surface area contributed by atoms with Crippen molar-refractivity contribution in [2.75, 3.05) is 32.0 Å². The number of hydrogen-bond donors (Lipinski definition) is 2. The van der Waals surface area contributed by atoms with E-state index in [1.54, 1.807) is 0 Å². The van der Waals surface area contributed by atoms with E-state index < -0.39 is 11.9 Å². The number of carboxylic acids is 1. The third-order valence-corrected chi connectivity index (χ3v) is 4.36. The molecule has 2 N–H and O–H groups in total. The number of benzene rings is 2. The summed E-state index contributed by atoms with van der Waals surface area (Å²) in [5.41, 5.74) is 1.74. The highest BCUT2D eigenvalue weighted by molar-refractivity contribution is 5.77. The Morgan fingerprint density at radius 1 is 1.00 bits per heavy atom. The van der Waals surface area contributed by atoms with Gasteiger partial charge in [0.15, 0.2) is 0 Å². The van der Waals surface area contributed by atoms with E-state index in [1.807, 2.05) is 60.7 Å². The Morgan fingerprint density at radius 3 is 2.04 bits per heavy atom. The molecule has 0 saturated carbocycles. The average molecular weight is 340 g/mol. The van der Waals surface area contributed by atoms with E-state index in [0.29, 0.717) is 6.54 Å². The zero-order valence-corrected chi connectivity index (χ0v) is 14.9. The molecule has 2 aromatic carbocycles. The van der Waals surface area contributed by atoms with Crippen LogP contribution in [0.25, 0.3) is 0 Å². The van der Waals surface area contributed by atoms with Gasteiger partial charge in [0.05, 0.1) is 5.92 Å². The molecule has 0 bridgehead atoms. The third kappa shape index (κ3) is 6.98. The predicted octanol–water partition coefficient (Wildman–Crippen LogP) is 4.07. The Hall–Kier alpha value is -2.33. The highest BCUT2D eigenvalue weighted by atomic mass is 16.4. The number of piperidine rings is 1. The Kier molecular flexibility index (Phi) is 7.99. The van der Waals surface area contributed by atoms with Crippen molar-refractivity contribution in [3.8, 4) is 0 Å². The van der Waals surface area contributed by atoms with Crippen LogP contribution in [0.2, 0.25) is 0 Å². The zero-order valence-electron chi connectivity index (χ0n) is 14.9. The lowest BCUT2D eigenvalue weighted by atomic mass is 9.99. The smallest absolute Gasteiger partial charge is 0.312 e. The van der Waals surface area contributed by atoms with Gasteiger partial charge in [-0.2, -0.15) is 0 Å². The summed E-state index contributed by atoms with van der Waals surface area (Å²) < 4.78 is 0. The summed E-state index contributed by atoms with van der Waals surface area (Å²) >= 11 is 0. The van der Waals surface area contributed by atoms with Gasteiger partial charge in [-0.3, -0.25) is 4.79 Å². The minimum Gasteiger partial charge on any atom is -0.481 e. The number of nitrogens with one attached hydrogen (secondary N) is 1. The molecule has 0 radical (unpaired) electrons. The lowest BCUT2D eigenvalue weighted by Crippen LogP contribution is -2.24. The van der Waals surface area contributed by atoms with Crippen LogP contribution in [0, 0.1) is 0 Å². The average Bonchev–Trinajstić information content (AvgIpc) is 2.65. The second-order valence-corrected chi connectivity index (χ2v) is 6.41. The molecule has 1 aliphatic rings. The minimum atomic E-state index is -0.815. The van der Waals surface area contributed by atoms with Crippen LogP contribution in [0.15, 0.2) is 60.7 Å². The van der Waals surface area contributed by atoms with Gasteiger partial charge in [0.25, 0.3) is 0 Å². The molecular weight excluding hydrogens is 312 g/mol. The third-order valence-electron chi connectivity index (χ3n) is 4.36. The van der Waals surface area contributed by atoms with Crippen LogP contribution < -0.4 is 5.32 Å². The van der Waals surface area contributed by atoms with Gasteiger partial charge in [-0.15, -0.1) is 0 Å². The molecule has 2 aromatic rings. The number of anilines is 1. The first kappa shape index (κ1) is 19.0. The lowest BCUT2D eigenvalue weighted by molar-refractivity contribution is -0.138. The Labute approximate surface area is 150 Å². The van der Waals surface area contributed by atoms with Crippen LogP contribution in [0.5, 0.6) is 0 Å². The van der Waals surface area contributed by atoms with Crippen molar-refractivity contribution in [2.45, 2.75) is 25.2 Å². The Morgan fingerprint density at radius 2 is 1.56 bits per heavy atom. The molecule has 1 saturated heterocycles. The maximum atomic E-state index is 11.3. The van der Waals surface area contributed by atoms with Gasteiger partial charge in [0, 0.05) is 12.2 Å². The molecule has 0 aromatic heterocycles. The Balaban J connectivity index is 0.000000269. The van der Waals surface area contributed by atoms with Gasteiger partial charge in [-0.1, -0.05) is 55.0 Å². The fourth-order valence-corrected chi connectivity index (χ4v) is 2.86. The van der Waals surface area contributed by atoms with Crippen LogP contribution in [0.3, 0.4) is 0 Å².